The number of carboxylic acid groups (broad SMARTS) is 1. The van der Waals surface area contributed by atoms with Gasteiger partial charge in [0.05, 0.1) is 0 Å². The second kappa shape index (κ2) is 6.31. The number of anilines is 1. The summed E-state index contributed by atoms with van der Waals surface area (Å²) in [6.07, 6.45) is 4.41. The molecule has 1 aromatic rings. The molecule has 1 saturated heterocycles. The fraction of sp³-hybridized carbons (Fsp3) is 0.538. The van der Waals surface area contributed by atoms with E-state index in [1.165, 1.54) is 18.8 Å². The Hall–Kier alpha value is -2.18. The Labute approximate surface area is 117 Å². The van der Waals surface area contributed by atoms with Crippen LogP contribution in [0.1, 0.15) is 36.7 Å². The minimum absolute atomic E-state index is 0.0141. The number of amides is 1. The van der Waals surface area contributed by atoms with Gasteiger partial charge in [-0.25, -0.2) is 14.8 Å². The summed E-state index contributed by atoms with van der Waals surface area (Å²) < 4.78 is 0. The number of carbonyl (C=O) groups excluding carboxylic acids is 1. The number of nitrogens with zero attached hydrogens (tertiary/aromatic N) is 3. The molecule has 7 heteroatoms. The van der Waals surface area contributed by atoms with E-state index in [1.807, 2.05) is 4.90 Å². The predicted octanol–water partition coefficient (Wildman–Crippen LogP) is 0.988. The van der Waals surface area contributed by atoms with E-state index >= 15 is 0 Å². The van der Waals surface area contributed by atoms with E-state index in [1.54, 1.807) is 6.92 Å². The summed E-state index contributed by atoms with van der Waals surface area (Å²) in [6.45, 7) is 3.32. The highest BCUT2D eigenvalue weighted by molar-refractivity contribution is 5.87. The summed E-state index contributed by atoms with van der Waals surface area (Å²) in [7, 11) is 0. The van der Waals surface area contributed by atoms with E-state index in [0.717, 1.165) is 25.9 Å². The third-order valence-electron chi connectivity index (χ3n) is 3.29. The number of hydrogen-bond donors (Lipinski definition) is 2. The van der Waals surface area contributed by atoms with E-state index in [9.17, 15) is 9.59 Å². The Kier molecular flexibility index (Phi) is 4.49. The van der Waals surface area contributed by atoms with Gasteiger partial charge in [-0.3, -0.25) is 4.79 Å². The molecular weight excluding hydrogens is 260 g/mol. The molecule has 1 amide bonds. The molecule has 1 atom stereocenters. The Morgan fingerprint density at radius 1 is 1.30 bits per heavy atom. The van der Waals surface area contributed by atoms with E-state index in [-0.39, 0.29) is 11.6 Å². The zero-order valence-electron chi connectivity index (χ0n) is 11.4. The largest absolute Gasteiger partial charge is 0.477 e. The minimum atomic E-state index is -1.12. The topological polar surface area (TPSA) is 95.4 Å². The summed E-state index contributed by atoms with van der Waals surface area (Å²) in [5.74, 6) is -0.763. The summed E-state index contributed by atoms with van der Waals surface area (Å²) in [5.41, 5.74) is -0.0971. The van der Waals surface area contributed by atoms with E-state index in [2.05, 4.69) is 15.3 Å². The van der Waals surface area contributed by atoms with Gasteiger partial charge in [-0.2, -0.15) is 0 Å². The molecule has 7 nitrogen and oxygen atoms in total. The molecule has 20 heavy (non-hydrogen) atoms. The van der Waals surface area contributed by atoms with Crippen molar-refractivity contribution >= 4 is 17.7 Å². The molecule has 0 aliphatic carbocycles. The van der Waals surface area contributed by atoms with Crippen molar-refractivity contribution < 1.29 is 14.7 Å². The first kappa shape index (κ1) is 14.2. The van der Waals surface area contributed by atoms with Gasteiger partial charge in [-0.1, -0.05) is 0 Å². The first-order chi connectivity index (χ1) is 9.58. The molecule has 108 valence electrons. The van der Waals surface area contributed by atoms with Crippen molar-refractivity contribution in [3.8, 4) is 0 Å². The maximum Gasteiger partial charge on any atom is 0.354 e. The van der Waals surface area contributed by atoms with Gasteiger partial charge in [0.1, 0.15) is 18.2 Å². The maximum absolute atomic E-state index is 12.2. The number of piperidine rings is 1. The molecule has 1 aliphatic rings. The van der Waals surface area contributed by atoms with Crippen LogP contribution >= 0.6 is 0 Å². The van der Waals surface area contributed by atoms with Gasteiger partial charge >= 0.3 is 5.97 Å². The molecule has 1 aromatic heterocycles. The summed E-state index contributed by atoms with van der Waals surface area (Å²) in [5, 5.41) is 11.8. The molecule has 0 unspecified atom stereocenters. The Morgan fingerprint density at radius 2 is 2.00 bits per heavy atom. The van der Waals surface area contributed by atoms with Crippen LogP contribution in [0.5, 0.6) is 0 Å². The number of nitrogens with one attached hydrogen (secondary N) is 1. The van der Waals surface area contributed by atoms with Crippen molar-refractivity contribution in [2.75, 3.05) is 18.4 Å². The van der Waals surface area contributed by atoms with Crippen molar-refractivity contribution in [1.29, 1.82) is 0 Å². The summed E-state index contributed by atoms with van der Waals surface area (Å²) in [4.78, 5) is 32.5. The number of carbonyl (C=O) groups is 2. The van der Waals surface area contributed by atoms with Crippen LogP contribution in [0.2, 0.25) is 0 Å². The van der Waals surface area contributed by atoms with Gasteiger partial charge in [-0.15, -0.1) is 0 Å². The van der Waals surface area contributed by atoms with Crippen LogP contribution in [-0.2, 0) is 4.79 Å². The molecule has 2 rings (SSSR count). The van der Waals surface area contributed by atoms with E-state index in [4.69, 9.17) is 5.11 Å². The van der Waals surface area contributed by atoms with E-state index in [0.29, 0.717) is 5.82 Å². The van der Waals surface area contributed by atoms with Crippen molar-refractivity contribution in [2.24, 2.45) is 0 Å². The number of hydrogen-bond acceptors (Lipinski definition) is 5. The average molecular weight is 278 g/mol. The summed E-state index contributed by atoms with van der Waals surface area (Å²) >= 11 is 0. The molecule has 2 N–H and O–H groups in total. The lowest BCUT2D eigenvalue weighted by Crippen LogP contribution is -2.44. The first-order valence-corrected chi connectivity index (χ1v) is 6.68. The third kappa shape index (κ3) is 3.43. The zero-order chi connectivity index (χ0) is 14.5. The fourth-order valence-corrected chi connectivity index (χ4v) is 2.22. The van der Waals surface area contributed by atoms with Gasteiger partial charge in [0.25, 0.3) is 0 Å². The SMILES string of the molecule is C[C@H](Nc1cc(C(=O)O)ncn1)C(=O)N1CCCCC1. The molecule has 1 fully saturated rings. The third-order valence-corrected chi connectivity index (χ3v) is 3.29. The van der Waals surface area contributed by atoms with Crippen LogP contribution in [0.3, 0.4) is 0 Å². The van der Waals surface area contributed by atoms with Crippen LogP contribution in [-0.4, -0.2) is 51.0 Å². The maximum atomic E-state index is 12.2. The van der Waals surface area contributed by atoms with Crippen LogP contribution < -0.4 is 5.32 Å². The molecule has 0 saturated carbocycles. The highest BCUT2D eigenvalue weighted by Crippen LogP contribution is 2.12. The minimum Gasteiger partial charge on any atom is -0.477 e. The van der Waals surface area contributed by atoms with Crippen molar-refractivity contribution in [3.05, 3.63) is 18.1 Å². The lowest BCUT2D eigenvalue weighted by atomic mass is 10.1. The zero-order valence-corrected chi connectivity index (χ0v) is 11.4. The smallest absolute Gasteiger partial charge is 0.354 e. The highest BCUT2D eigenvalue weighted by Gasteiger charge is 2.22. The second-order valence-corrected chi connectivity index (χ2v) is 4.85. The average Bonchev–Trinajstić information content (AvgIpc) is 2.47. The Bertz CT molecular complexity index is 500. The van der Waals surface area contributed by atoms with Crippen LogP contribution in [0.15, 0.2) is 12.4 Å². The molecule has 0 aromatic carbocycles. The Balaban J connectivity index is 1.99. The molecule has 2 heterocycles. The number of aromatic carboxylic acids is 1. The van der Waals surface area contributed by atoms with Gasteiger partial charge in [0.2, 0.25) is 5.91 Å². The molecule has 0 spiro atoms. The molecule has 1 aliphatic heterocycles. The van der Waals surface area contributed by atoms with Crippen LogP contribution in [0.25, 0.3) is 0 Å². The number of aromatic nitrogens is 2. The molecule has 0 bridgehead atoms. The second-order valence-electron chi connectivity index (χ2n) is 4.85. The van der Waals surface area contributed by atoms with Gasteiger partial charge in [-0.05, 0) is 26.2 Å². The lowest BCUT2D eigenvalue weighted by Gasteiger charge is -2.29. The molecular formula is C13H18N4O3. The first-order valence-electron chi connectivity index (χ1n) is 6.68. The van der Waals surface area contributed by atoms with Crippen molar-refractivity contribution in [1.82, 2.24) is 14.9 Å². The lowest BCUT2D eigenvalue weighted by molar-refractivity contribution is -0.132. The van der Waals surface area contributed by atoms with Crippen molar-refractivity contribution in [2.45, 2.75) is 32.2 Å². The predicted molar refractivity (Wildman–Crippen MR) is 72.5 cm³/mol. The standard InChI is InChI=1S/C13H18N4O3/c1-9(12(18)17-5-3-2-4-6-17)16-11-7-10(13(19)20)14-8-15-11/h7-9H,2-6H2,1H3,(H,19,20)(H,14,15,16)/t9-/m0/s1. The van der Waals surface area contributed by atoms with Crippen molar-refractivity contribution in [3.63, 3.8) is 0 Å². The summed E-state index contributed by atoms with van der Waals surface area (Å²) in [6, 6.07) is 0.882. The Morgan fingerprint density at radius 3 is 2.65 bits per heavy atom. The fourth-order valence-electron chi connectivity index (χ4n) is 2.22. The number of carboxylic acids is 1. The van der Waals surface area contributed by atoms with Gasteiger partial charge in [0, 0.05) is 19.2 Å². The normalized spacial score (nSPS) is 16.6. The monoisotopic (exact) mass is 278 g/mol. The number of likely N-dealkylation sites (tertiary alicyclic amines) is 1. The van der Waals surface area contributed by atoms with Crippen LogP contribution in [0, 0.1) is 0 Å². The van der Waals surface area contributed by atoms with E-state index < -0.39 is 12.0 Å². The van der Waals surface area contributed by atoms with Gasteiger partial charge < -0.3 is 15.3 Å². The highest BCUT2D eigenvalue weighted by atomic mass is 16.4. The quantitative estimate of drug-likeness (QED) is 0.852. The molecule has 0 radical (unpaired) electrons. The van der Waals surface area contributed by atoms with Gasteiger partial charge in [0.15, 0.2) is 5.69 Å². The number of rotatable bonds is 4. The van der Waals surface area contributed by atoms with Crippen LogP contribution in [0.4, 0.5) is 5.82 Å².